The van der Waals surface area contributed by atoms with E-state index in [0.29, 0.717) is 12.2 Å². The summed E-state index contributed by atoms with van der Waals surface area (Å²) < 4.78 is 0. The van der Waals surface area contributed by atoms with E-state index in [1.165, 1.54) is 6.07 Å². The Morgan fingerprint density at radius 3 is 2.58 bits per heavy atom. The minimum absolute atomic E-state index is 0. The number of hydrogen-bond acceptors (Lipinski definition) is 4. The molecule has 0 spiro atoms. The number of nitrogens with two attached hydrogens (primary N) is 1. The van der Waals surface area contributed by atoms with Gasteiger partial charge in [-0.05, 0) is 44.6 Å². The molecule has 0 aliphatic carbocycles. The van der Waals surface area contributed by atoms with Gasteiger partial charge in [0.25, 0.3) is 5.91 Å². The number of carbonyl (C=O) groups is 2. The molecule has 1 saturated heterocycles. The number of hydrogen-bond donors (Lipinski definition) is 2. The lowest BCUT2D eigenvalue weighted by molar-refractivity contribution is -0.132. The van der Waals surface area contributed by atoms with Crippen LogP contribution >= 0.6 is 35.6 Å². The van der Waals surface area contributed by atoms with Gasteiger partial charge in [-0.25, -0.2) is 0 Å². The molecule has 3 N–H and O–H groups in total. The number of amides is 2. The molecule has 166 valence electrons. The van der Waals surface area contributed by atoms with Gasteiger partial charge in [0.1, 0.15) is 0 Å². The van der Waals surface area contributed by atoms with Crippen molar-refractivity contribution in [2.24, 2.45) is 5.73 Å². The van der Waals surface area contributed by atoms with Crippen LogP contribution in [0.1, 0.15) is 40.7 Å². The molecule has 2 aromatic rings. The van der Waals surface area contributed by atoms with Crippen molar-refractivity contribution in [3.63, 3.8) is 0 Å². The van der Waals surface area contributed by atoms with E-state index in [1.54, 1.807) is 35.2 Å². The highest BCUT2D eigenvalue weighted by atomic mass is 35.5. The van der Waals surface area contributed by atoms with Gasteiger partial charge in [-0.1, -0.05) is 47.8 Å². The second-order valence-electron chi connectivity index (χ2n) is 7.99. The van der Waals surface area contributed by atoms with Gasteiger partial charge in [-0.3, -0.25) is 9.59 Å². The molecule has 2 aliphatic rings. The first-order valence-electron chi connectivity index (χ1n) is 9.88. The largest absolute Gasteiger partial charge is 0.372 e. The molecule has 9 heteroatoms. The van der Waals surface area contributed by atoms with Gasteiger partial charge >= 0.3 is 0 Å². The minimum Gasteiger partial charge on any atom is -0.372 e. The van der Waals surface area contributed by atoms with Crippen molar-refractivity contribution in [3.8, 4) is 0 Å². The highest BCUT2D eigenvalue weighted by Crippen LogP contribution is 2.51. The summed E-state index contributed by atoms with van der Waals surface area (Å²) in [6.07, 6.45) is 2.74. The van der Waals surface area contributed by atoms with Crippen molar-refractivity contribution >= 4 is 53.1 Å². The summed E-state index contributed by atoms with van der Waals surface area (Å²) in [7, 11) is 2.01. The maximum absolute atomic E-state index is 13.8. The fraction of sp³-hybridized carbons (Fsp3) is 0.364. The van der Waals surface area contributed by atoms with Crippen LogP contribution in [0, 0.1) is 0 Å². The van der Waals surface area contributed by atoms with Crippen molar-refractivity contribution in [1.29, 1.82) is 0 Å². The summed E-state index contributed by atoms with van der Waals surface area (Å²) >= 11 is 12.9. The summed E-state index contributed by atoms with van der Waals surface area (Å²) in [5, 5.41) is 12.2. The van der Waals surface area contributed by atoms with Gasteiger partial charge in [0.2, 0.25) is 5.91 Å². The summed E-state index contributed by atoms with van der Waals surface area (Å²) in [5.74, 6) is -1.17. The van der Waals surface area contributed by atoms with E-state index >= 15 is 0 Å². The Bertz CT molecular complexity index is 1030. The number of primary amides is 1. The molecule has 2 amide bonds. The molecule has 2 aromatic carbocycles. The Morgan fingerprint density at radius 2 is 1.90 bits per heavy atom. The second kappa shape index (κ2) is 8.96. The van der Waals surface area contributed by atoms with Crippen LogP contribution in [0.5, 0.6) is 0 Å². The molecule has 2 atom stereocenters. The van der Waals surface area contributed by atoms with Crippen LogP contribution < -0.4 is 10.6 Å². The second-order valence-corrected chi connectivity index (χ2v) is 8.81. The predicted molar refractivity (Wildman–Crippen MR) is 124 cm³/mol. The van der Waals surface area contributed by atoms with Gasteiger partial charge in [-0.15, -0.1) is 12.4 Å². The van der Waals surface area contributed by atoms with Gasteiger partial charge in [-0.2, -0.15) is 0 Å². The molecule has 0 bridgehead atoms. The van der Waals surface area contributed by atoms with Crippen molar-refractivity contribution < 1.29 is 14.7 Å². The van der Waals surface area contributed by atoms with Crippen LogP contribution in [-0.4, -0.2) is 48.0 Å². The number of carbonyl (C=O) groups excluding carboxylic acids is 2. The highest BCUT2D eigenvalue weighted by Gasteiger charge is 2.55. The standard InChI is InChI=1S/C22H23Cl2N3O3.ClH/c1-26-9-5-4-6-14(12-26)27-18-11-13(20(25)28)10-17(24)19(18)22(30,21(27)29)15-7-2-3-8-16(15)23;/h2-3,7-8,10-11,14,30H,4-6,9,12H2,1H3,(H2,25,28);1H. The molecule has 2 unspecified atom stereocenters. The minimum atomic E-state index is -2.05. The molecule has 2 heterocycles. The lowest BCUT2D eigenvalue weighted by Gasteiger charge is -2.31. The third-order valence-corrected chi connectivity index (χ3v) is 6.61. The molecule has 1 fully saturated rings. The number of nitrogens with zero attached hydrogens (tertiary/aromatic N) is 2. The summed E-state index contributed by atoms with van der Waals surface area (Å²) in [6, 6.07) is 9.42. The number of benzene rings is 2. The lowest BCUT2D eigenvalue weighted by atomic mass is 9.87. The van der Waals surface area contributed by atoms with Crippen molar-refractivity contribution in [2.75, 3.05) is 25.0 Å². The topological polar surface area (TPSA) is 86.9 Å². The Hall–Kier alpha value is -1.83. The zero-order chi connectivity index (χ0) is 21.6. The fourth-order valence-electron chi connectivity index (χ4n) is 4.56. The average molecular weight is 485 g/mol. The average Bonchev–Trinajstić information content (AvgIpc) is 2.81. The first kappa shape index (κ1) is 23.8. The molecule has 2 aliphatic heterocycles. The van der Waals surface area contributed by atoms with Gasteiger partial charge in [0, 0.05) is 34.3 Å². The number of halogens is 3. The highest BCUT2D eigenvalue weighted by molar-refractivity contribution is 6.35. The molecule has 31 heavy (non-hydrogen) atoms. The van der Waals surface area contributed by atoms with Crippen molar-refractivity contribution in [1.82, 2.24) is 4.90 Å². The Balaban J connectivity index is 0.00000272. The van der Waals surface area contributed by atoms with Gasteiger partial charge in [0.05, 0.1) is 10.7 Å². The first-order valence-corrected chi connectivity index (χ1v) is 10.6. The number of likely N-dealkylation sites (N-methyl/N-ethyl adjacent to an activating group) is 1. The zero-order valence-electron chi connectivity index (χ0n) is 17.0. The monoisotopic (exact) mass is 483 g/mol. The van der Waals surface area contributed by atoms with Crippen molar-refractivity contribution in [2.45, 2.75) is 30.9 Å². The molecule has 4 rings (SSSR count). The maximum Gasteiger partial charge on any atom is 0.268 e. The molecule has 0 saturated carbocycles. The van der Waals surface area contributed by atoms with Crippen LogP contribution in [0.25, 0.3) is 0 Å². The lowest BCUT2D eigenvalue weighted by Crippen LogP contribution is -2.49. The van der Waals surface area contributed by atoms with E-state index in [1.807, 2.05) is 7.05 Å². The van der Waals surface area contributed by atoms with E-state index in [0.717, 1.165) is 25.8 Å². The quantitative estimate of drug-likeness (QED) is 0.697. The summed E-state index contributed by atoms with van der Waals surface area (Å²) in [5.41, 5.74) is 4.53. The number of rotatable bonds is 3. The van der Waals surface area contributed by atoms with Crippen LogP contribution in [0.4, 0.5) is 5.69 Å². The zero-order valence-corrected chi connectivity index (χ0v) is 19.3. The maximum atomic E-state index is 13.8. The molecule has 0 aromatic heterocycles. The molecule has 6 nitrogen and oxygen atoms in total. The van der Waals surface area contributed by atoms with Gasteiger partial charge in [0.15, 0.2) is 5.60 Å². The predicted octanol–water partition coefficient (Wildman–Crippen LogP) is 3.58. The number of fused-ring (bicyclic) bond motifs is 1. The molecular formula is C22H24Cl3N3O3. The molecular weight excluding hydrogens is 461 g/mol. The fourth-order valence-corrected chi connectivity index (χ4v) is 5.18. The van der Waals surface area contributed by atoms with Crippen LogP contribution in [0.2, 0.25) is 10.0 Å². The first-order chi connectivity index (χ1) is 14.2. The number of aliphatic hydroxyl groups is 1. The van der Waals surface area contributed by atoms with E-state index in [9.17, 15) is 14.7 Å². The SMILES string of the molecule is CN1CCCCC(N2C(=O)C(O)(c3ccccc3Cl)c3c(Cl)cc(C(N)=O)cc32)C1.Cl. The Labute approximate surface area is 197 Å². The van der Waals surface area contributed by atoms with E-state index < -0.39 is 17.4 Å². The van der Waals surface area contributed by atoms with Crippen LogP contribution in [-0.2, 0) is 10.4 Å². The van der Waals surface area contributed by atoms with Gasteiger partial charge < -0.3 is 20.6 Å². The van der Waals surface area contributed by atoms with E-state index in [4.69, 9.17) is 28.9 Å². The summed E-state index contributed by atoms with van der Waals surface area (Å²) in [6.45, 7) is 1.57. The van der Waals surface area contributed by atoms with Crippen LogP contribution in [0.15, 0.2) is 36.4 Å². The Kier molecular flexibility index (Phi) is 6.89. The summed E-state index contributed by atoms with van der Waals surface area (Å²) in [4.78, 5) is 29.4. The third kappa shape index (κ3) is 3.92. The molecule has 0 radical (unpaired) electrons. The normalized spacial score (nSPS) is 23.8. The van der Waals surface area contributed by atoms with Crippen molar-refractivity contribution in [3.05, 3.63) is 63.1 Å². The third-order valence-electron chi connectivity index (χ3n) is 5.98. The number of likely N-dealkylation sites (tertiary alicyclic amines) is 1. The van der Waals surface area contributed by atoms with E-state index in [-0.39, 0.29) is 45.2 Å². The Morgan fingerprint density at radius 1 is 1.19 bits per heavy atom. The van der Waals surface area contributed by atoms with E-state index in [2.05, 4.69) is 4.90 Å². The smallest absolute Gasteiger partial charge is 0.268 e. The number of anilines is 1. The van der Waals surface area contributed by atoms with Crippen LogP contribution in [0.3, 0.4) is 0 Å².